The van der Waals surface area contributed by atoms with E-state index in [0.717, 1.165) is 32.5 Å². The lowest BCUT2D eigenvalue weighted by atomic mass is 10.0. The molecule has 1 amide bonds. The molecule has 1 aliphatic rings. The van der Waals surface area contributed by atoms with Gasteiger partial charge in [0.2, 0.25) is 0 Å². The van der Waals surface area contributed by atoms with Gasteiger partial charge in [-0.1, -0.05) is 6.92 Å². The van der Waals surface area contributed by atoms with Crippen LogP contribution in [0.1, 0.15) is 30.1 Å². The van der Waals surface area contributed by atoms with Gasteiger partial charge in [-0.15, -0.1) is 0 Å². The lowest BCUT2D eigenvalue weighted by Gasteiger charge is -2.31. The van der Waals surface area contributed by atoms with Crippen LogP contribution in [-0.2, 0) is 0 Å². The monoisotopic (exact) mass is 250 g/mol. The van der Waals surface area contributed by atoms with E-state index in [9.17, 15) is 9.18 Å². The first-order chi connectivity index (χ1) is 8.69. The number of hydrogen-bond acceptors (Lipinski definition) is 2. The number of carbonyl (C=O) groups is 1. The maximum absolute atomic E-state index is 12.8. The topological polar surface area (TPSA) is 32.3 Å². The van der Waals surface area contributed by atoms with Crippen LogP contribution in [0, 0.1) is 5.82 Å². The molecule has 1 heterocycles. The first-order valence-electron chi connectivity index (χ1n) is 6.48. The Morgan fingerprint density at radius 1 is 1.33 bits per heavy atom. The van der Waals surface area contributed by atoms with Crippen molar-refractivity contribution in [3.63, 3.8) is 0 Å². The molecule has 0 unspecified atom stereocenters. The van der Waals surface area contributed by atoms with E-state index >= 15 is 0 Å². The Kier molecular flexibility index (Phi) is 4.31. The van der Waals surface area contributed by atoms with Gasteiger partial charge in [-0.25, -0.2) is 4.39 Å². The van der Waals surface area contributed by atoms with Gasteiger partial charge in [0.05, 0.1) is 0 Å². The van der Waals surface area contributed by atoms with Gasteiger partial charge in [0.1, 0.15) is 5.82 Å². The van der Waals surface area contributed by atoms with Crippen LogP contribution in [0.15, 0.2) is 24.3 Å². The number of nitrogens with zero attached hydrogens (tertiary/aromatic N) is 1. The van der Waals surface area contributed by atoms with Gasteiger partial charge in [0, 0.05) is 24.7 Å². The predicted octanol–water partition coefficient (Wildman–Crippen LogP) is 2.04. The van der Waals surface area contributed by atoms with Crippen molar-refractivity contribution in [3.05, 3.63) is 35.6 Å². The molecular weight excluding hydrogens is 231 g/mol. The summed E-state index contributed by atoms with van der Waals surface area (Å²) in [5, 5.41) is 3.01. The number of nitrogens with one attached hydrogen (secondary N) is 1. The highest BCUT2D eigenvalue weighted by Gasteiger charge is 2.19. The molecule has 1 aromatic carbocycles. The minimum atomic E-state index is -0.317. The number of halogens is 1. The average Bonchev–Trinajstić information content (AvgIpc) is 2.40. The van der Waals surface area contributed by atoms with Crippen molar-refractivity contribution in [2.24, 2.45) is 0 Å². The van der Waals surface area contributed by atoms with Gasteiger partial charge in [0.15, 0.2) is 0 Å². The van der Waals surface area contributed by atoms with Crippen molar-refractivity contribution < 1.29 is 9.18 Å². The zero-order valence-corrected chi connectivity index (χ0v) is 10.7. The number of carbonyl (C=O) groups excluding carboxylic acids is 1. The first kappa shape index (κ1) is 13.0. The van der Waals surface area contributed by atoms with Crippen LogP contribution in [0.5, 0.6) is 0 Å². The van der Waals surface area contributed by atoms with E-state index in [0.29, 0.717) is 5.56 Å². The molecule has 98 valence electrons. The smallest absolute Gasteiger partial charge is 0.251 e. The summed E-state index contributed by atoms with van der Waals surface area (Å²) in [6, 6.07) is 5.91. The molecule has 3 nitrogen and oxygen atoms in total. The van der Waals surface area contributed by atoms with Crippen molar-refractivity contribution in [1.82, 2.24) is 10.2 Å². The Bertz CT molecular complexity index is 397. The molecule has 1 saturated heterocycles. The van der Waals surface area contributed by atoms with Gasteiger partial charge >= 0.3 is 0 Å². The Labute approximate surface area is 107 Å². The van der Waals surface area contributed by atoms with Gasteiger partial charge in [-0.3, -0.25) is 4.79 Å². The van der Waals surface area contributed by atoms with Crippen LogP contribution >= 0.6 is 0 Å². The van der Waals surface area contributed by atoms with Crippen LogP contribution in [0.25, 0.3) is 0 Å². The highest BCUT2D eigenvalue weighted by atomic mass is 19.1. The van der Waals surface area contributed by atoms with Gasteiger partial charge in [-0.2, -0.15) is 0 Å². The summed E-state index contributed by atoms with van der Waals surface area (Å²) in [5.41, 5.74) is 0.523. The quantitative estimate of drug-likeness (QED) is 0.890. The third-order valence-electron chi connectivity index (χ3n) is 3.48. The molecule has 0 atom stereocenters. The molecule has 0 aromatic heterocycles. The predicted molar refractivity (Wildman–Crippen MR) is 69.0 cm³/mol. The SMILES string of the molecule is CCN1CCC(NC(=O)c2ccc(F)cc2)CC1. The molecule has 0 saturated carbocycles. The van der Waals surface area contributed by atoms with Crippen molar-refractivity contribution >= 4 is 5.91 Å². The summed E-state index contributed by atoms with van der Waals surface area (Å²) in [6.07, 6.45) is 1.97. The zero-order valence-electron chi connectivity index (χ0n) is 10.7. The Balaban J connectivity index is 1.86. The highest BCUT2D eigenvalue weighted by Crippen LogP contribution is 2.11. The number of hydrogen-bond donors (Lipinski definition) is 1. The molecule has 0 aliphatic carbocycles. The molecule has 18 heavy (non-hydrogen) atoms. The second-order valence-electron chi connectivity index (χ2n) is 4.69. The summed E-state index contributed by atoms with van der Waals surface area (Å²) in [7, 11) is 0. The molecule has 0 spiro atoms. The van der Waals surface area contributed by atoms with Crippen LogP contribution in [0.4, 0.5) is 4.39 Å². The van der Waals surface area contributed by atoms with E-state index in [1.54, 1.807) is 0 Å². The lowest BCUT2D eigenvalue weighted by Crippen LogP contribution is -2.44. The summed E-state index contributed by atoms with van der Waals surface area (Å²) in [6.45, 7) is 5.28. The number of rotatable bonds is 3. The molecule has 0 radical (unpaired) electrons. The van der Waals surface area contributed by atoms with Crippen LogP contribution in [-0.4, -0.2) is 36.5 Å². The second kappa shape index (κ2) is 5.96. The van der Waals surface area contributed by atoms with E-state index in [4.69, 9.17) is 0 Å². The molecule has 2 rings (SSSR count). The molecule has 0 bridgehead atoms. The summed E-state index contributed by atoms with van der Waals surface area (Å²) < 4.78 is 12.8. The fraction of sp³-hybridized carbons (Fsp3) is 0.500. The molecule has 4 heteroatoms. The fourth-order valence-corrected chi connectivity index (χ4v) is 2.26. The van der Waals surface area contributed by atoms with Gasteiger partial charge in [-0.05, 0) is 43.7 Å². The van der Waals surface area contributed by atoms with Crippen molar-refractivity contribution in [1.29, 1.82) is 0 Å². The van der Waals surface area contributed by atoms with E-state index in [2.05, 4.69) is 17.1 Å². The maximum Gasteiger partial charge on any atom is 0.251 e. The summed E-state index contributed by atoms with van der Waals surface area (Å²) >= 11 is 0. The van der Waals surface area contributed by atoms with E-state index < -0.39 is 0 Å². The minimum absolute atomic E-state index is 0.107. The Morgan fingerprint density at radius 2 is 1.94 bits per heavy atom. The third-order valence-corrected chi connectivity index (χ3v) is 3.48. The third kappa shape index (κ3) is 3.29. The average molecular weight is 250 g/mol. The van der Waals surface area contributed by atoms with Crippen molar-refractivity contribution in [2.45, 2.75) is 25.8 Å². The number of piperidine rings is 1. The largest absolute Gasteiger partial charge is 0.349 e. The van der Waals surface area contributed by atoms with Crippen molar-refractivity contribution in [3.8, 4) is 0 Å². The van der Waals surface area contributed by atoms with E-state index in [1.807, 2.05) is 0 Å². The fourth-order valence-electron chi connectivity index (χ4n) is 2.26. The lowest BCUT2D eigenvalue weighted by molar-refractivity contribution is 0.0912. The number of amides is 1. The minimum Gasteiger partial charge on any atom is -0.349 e. The molecule has 1 N–H and O–H groups in total. The first-order valence-corrected chi connectivity index (χ1v) is 6.48. The highest BCUT2D eigenvalue weighted by molar-refractivity contribution is 5.94. The molecular formula is C14H19FN2O. The maximum atomic E-state index is 12.8. The van der Waals surface area contributed by atoms with E-state index in [-0.39, 0.29) is 17.8 Å². The van der Waals surface area contributed by atoms with Crippen molar-refractivity contribution in [2.75, 3.05) is 19.6 Å². The Hall–Kier alpha value is -1.42. The number of benzene rings is 1. The normalized spacial score (nSPS) is 17.7. The number of likely N-dealkylation sites (tertiary alicyclic amines) is 1. The molecule has 1 aromatic rings. The van der Waals surface area contributed by atoms with Crippen LogP contribution in [0.2, 0.25) is 0 Å². The molecule has 1 fully saturated rings. The molecule has 1 aliphatic heterocycles. The van der Waals surface area contributed by atoms with Crippen LogP contribution in [0.3, 0.4) is 0 Å². The summed E-state index contributed by atoms with van der Waals surface area (Å²) in [4.78, 5) is 14.3. The zero-order chi connectivity index (χ0) is 13.0. The van der Waals surface area contributed by atoms with Gasteiger partial charge in [0.25, 0.3) is 5.91 Å². The summed E-state index contributed by atoms with van der Waals surface area (Å²) in [5.74, 6) is -0.423. The van der Waals surface area contributed by atoms with Crippen LogP contribution < -0.4 is 5.32 Å². The van der Waals surface area contributed by atoms with E-state index in [1.165, 1.54) is 24.3 Å². The standard InChI is InChI=1S/C14H19FN2O/c1-2-17-9-7-13(8-10-17)16-14(18)11-3-5-12(15)6-4-11/h3-6,13H,2,7-10H2,1H3,(H,16,18). The van der Waals surface area contributed by atoms with Gasteiger partial charge < -0.3 is 10.2 Å². The Morgan fingerprint density at radius 3 is 2.50 bits per heavy atom. The second-order valence-corrected chi connectivity index (χ2v) is 4.69.